The van der Waals surface area contributed by atoms with E-state index in [-0.39, 0.29) is 23.8 Å². The number of carbonyl (C=O) groups is 3. The molecule has 312 valence electrons. The molecule has 2 spiro atoms. The van der Waals surface area contributed by atoms with Crippen LogP contribution in [0.5, 0.6) is 5.88 Å². The summed E-state index contributed by atoms with van der Waals surface area (Å²) in [5, 5.41) is 5.10. The van der Waals surface area contributed by atoms with Gasteiger partial charge in [0, 0.05) is 128 Å². The maximum atomic E-state index is 13.4. The molecule has 3 saturated carbocycles. The molecule has 5 aromatic rings. The number of allylic oxidation sites excluding steroid dienone is 1. The van der Waals surface area contributed by atoms with E-state index < -0.39 is 6.04 Å². The highest BCUT2D eigenvalue weighted by Gasteiger charge is 2.57. The minimum absolute atomic E-state index is 0.223. The van der Waals surface area contributed by atoms with E-state index in [1.807, 2.05) is 36.8 Å². The molecule has 12 rings (SSSR count). The highest BCUT2D eigenvalue weighted by Crippen LogP contribution is 2.56. The zero-order valence-electron chi connectivity index (χ0n) is 35.0. The van der Waals surface area contributed by atoms with Crippen molar-refractivity contribution in [2.24, 2.45) is 23.8 Å². The van der Waals surface area contributed by atoms with Crippen molar-refractivity contribution < 1.29 is 19.1 Å². The van der Waals surface area contributed by atoms with Crippen molar-refractivity contribution in [1.29, 1.82) is 0 Å². The summed E-state index contributed by atoms with van der Waals surface area (Å²) >= 11 is 0. The van der Waals surface area contributed by atoms with Crippen molar-refractivity contribution in [3.63, 3.8) is 0 Å². The highest BCUT2D eigenvalue weighted by molar-refractivity contribution is 6.23. The summed E-state index contributed by atoms with van der Waals surface area (Å²) in [7, 11) is 4.43. The zero-order chi connectivity index (χ0) is 41.4. The third kappa shape index (κ3) is 5.96. The van der Waals surface area contributed by atoms with Crippen LogP contribution in [0, 0.1) is 16.7 Å². The first kappa shape index (κ1) is 37.2. The van der Waals surface area contributed by atoms with Gasteiger partial charge in [0.2, 0.25) is 11.8 Å². The van der Waals surface area contributed by atoms with Gasteiger partial charge in [-0.2, -0.15) is 0 Å². The molecule has 3 amide bonds. The molecule has 1 N–H and O–H groups in total. The molecular weight excluding hydrogens is 765 g/mol. The molecule has 12 heteroatoms. The van der Waals surface area contributed by atoms with Crippen LogP contribution < -0.4 is 15.0 Å². The van der Waals surface area contributed by atoms with Crippen LogP contribution in [0.1, 0.15) is 72.1 Å². The van der Waals surface area contributed by atoms with Crippen molar-refractivity contribution in [3.05, 3.63) is 96.6 Å². The summed E-state index contributed by atoms with van der Waals surface area (Å²) in [6.07, 6.45) is 14.2. The molecule has 7 aliphatic rings. The fourth-order valence-electron chi connectivity index (χ4n) is 12.4. The SMILES string of the molecule is C=C1CCC(N2C(=O)c3ccc(N4CC5(CC(CN6CC7(CC(N(C)C8CC(Oc9ccc(-c%10ccc%11c%12cnccc%12n(C)c%11c%10)cn9)C8)C7)C6)C5)C4)cc3C2=O)C(=O)N1. The predicted octanol–water partition coefficient (Wildman–Crippen LogP) is 6.40. The molecule has 0 radical (unpaired) electrons. The molecule has 2 aromatic carbocycles. The number of pyridine rings is 2. The molecule has 0 bridgehead atoms. The maximum Gasteiger partial charge on any atom is 0.262 e. The van der Waals surface area contributed by atoms with Crippen LogP contribution in [0.25, 0.3) is 32.9 Å². The lowest BCUT2D eigenvalue weighted by Gasteiger charge is -2.65. The smallest absolute Gasteiger partial charge is 0.262 e. The fraction of sp³-hybridized carbons (Fsp3) is 0.449. The van der Waals surface area contributed by atoms with Crippen molar-refractivity contribution >= 4 is 45.2 Å². The Kier molecular flexibility index (Phi) is 8.20. The minimum Gasteiger partial charge on any atom is -0.474 e. The van der Waals surface area contributed by atoms with Crippen LogP contribution >= 0.6 is 0 Å². The normalized spacial score (nSPS) is 25.7. The Bertz CT molecular complexity index is 2660. The Hall–Kier alpha value is -5.59. The topological polar surface area (TPSA) is 116 Å². The van der Waals surface area contributed by atoms with Gasteiger partial charge in [-0.15, -0.1) is 0 Å². The lowest BCUT2D eigenvalue weighted by Crippen LogP contribution is -2.69. The van der Waals surface area contributed by atoms with E-state index >= 15 is 0 Å². The van der Waals surface area contributed by atoms with Crippen molar-refractivity contribution in [3.8, 4) is 17.0 Å². The number of piperidine rings is 1. The molecule has 4 aliphatic heterocycles. The van der Waals surface area contributed by atoms with Crippen molar-refractivity contribution in [2.45, 2.75) is 75.6 Å². The van der Waals surface area contributed by atoms with Crippen LogP contribution in [-0.2, 0) is 11.8 Å². The van der Waals surface area contributed by atoms with Gasteiger partial charge in [-0.3, -0.25) is 24.3 Å². The van der Waals surface area contributed by atoms with Crippen LogP contribution in [-0.4, -0.2) is 111 Å². The van der Waals surface area contributed by atoms with Crippen LogP contribution in [0.15, 0.2) is 85.5 Å². The monoisotopic (exact) mass is 816 g/mol. The van der Waals surface area contributed by atoms with Crippen molar-refractivity contribution in [1.82, 2.24) is 34.6 Å². The molecular formula is C49H52N8O4. The summed E-state index contributed by atoms with van der Waals surface area (Å²) in [5.74, 6) is 0.393. The number of hydrogen-bond acceptors (Lipinski definition) is 9. The predicted molar refractivity (Wildman–Crippen MR) is 233 cm³/mol. The quantitative estimate of drug-likeness (QED) is 0.169. The molecule has 12 nitrogen and oxygen atoms in total. The lowest BCUT2D eigenvalue weighted by molar-refractivity contribution is -0.135. The maximum absolute atomic E-state index is 13.4. The molecule has 6 fully saturated rings. The fourth-order valence-corrected chi connectivity index (χ4v) is 12.4. The van der Waals surface area contributed by atoms with Gasteiger partial charge >= 0.3 is 0 Å². The average molecular weight is 817 g/mol. The second kappa shape index (κ2) is 13.5. The van der Waals surface area contributed by atoms with Gasteiger partial charge in [0.05, 0.1) is 16.6 Å². The second-order valence-electron chi connectivity index (χ2n) is 19.8. The summed E-state index contributed by atoms with van der Waals surface area (Å²) in [4.78, 5) is 57.0. The molecule has 7 heterocycles. The average Bonchev–Trinajstić information content (AvgIpc) is 3.61. The number of likely N-dealkylation sites (tertiary alicyclic amines) is 1. The number of rotatable bonds is 9. The highest BCUT2D eigenvalue weighted by atomic mass is 16.5. The summed E-state index contributed by atoms with van der Waals surface area (Å²) in [6, 6.07) is 18.9. The van der Waals surface area contributed by atoms with Crippen LogP contribution in [0.2, 0.25) is 0 Å². The number of imide groups is 1. The van der Waals surface area contributed by atoms with E-state index in [0.717, 1.165) is 53.6 Å². The van der Waals surface area contributed by atoms with E-state index in [1.54, 1.807) is 6.07 Å². The number of carbonyl (C=O) groups excluding carboxylic acids is 3. The standard InChI is InChI=1S/C49H52N8O4/c1-29-4-10-42(45(58)52-29)57-46(59)38-9-7-33(17-39(38)47(57)60)56-27-48(28-56)18-30(19-48)24-55-25-49(26-55)20-35(21-49)53(2)34-15-36(16-34)61-44-11-6-32(22-51-44)31-5-8-37-40-23-50-13-12-41(40)54(3)43(37)14-31/h5-9,11-14,17,22-23,30,34-36,42H,1,4,10,15-16,18-21,24-28H2,2-3H3,(H,52,58). The Morgan fingerprint density at radius 3 is 2.38 bits per heavy atom. The number of nitrogens with one attached hydrogen (secondary N) is 1. The van der Waals surface area contributed by atoms with Crippen LogP contribution in [0.4, 0.5) is 5.69 Å². The Morgan fingerprint density at radius 1 is 0.836 bits per heavy atom. The van der Waals surface area contributed by atoms with Gasteiger partial charge in [-0.05, 0) is 98.9 Å². The van der Waals surface area contributed by atoms with Gasteiger partial charge in [-0.25, -0.2) is 4.98 Å². The minimum atomic E-state index is -0.783. The number of hydrogen-bond donors (Lipinski definition) is 1. The Labute approximate surface area is 355 Å². The Morgan fingerprint density at radius 2 is 1.61 bits per heavy atom. The number of amides is 3. The largest absolute Gasteiger partial charge is 0.474 e. The van der Waals surface area contributed by atoms with E-state index in [0.29, 0.717) is 58.5 Å². The number of ether oxygens (including phenoxy) is 1. The number of anilines is 1. The van der Waals surface area contributed by atoms with Gasteiger partial charge in [0.25, 0.3) is 11.8 Å². The number of aryl methyl sites for hydroxylation is 1. The second-order valence-corrected chi connectivity index (χ2v) is 19.8. The van der Waals surface area contributed by atoms with Gasteiger partial charge in [0.1, 0.15) is 12.1 Å². The molecule has 1 unspecified atom stereocenters. The van der Waals surface area contributed by atoms with Gasteiger partial charge in [0.15, 0.2) is 0 Å². The first-order chi connectivity index (χ1) is 29.5. The molecule has 1 atom stereocenters. The molecule has 61 heavy (non-hydrogen) atoms. The van der Waals surface area contributed by atoms with E-state index in [2.05, 4.69) is 80.6 Å². The molecule has 3 aliphatic carbocycles. The van der Waals surface area contributed by atoms with Crippen molar-refractivity contribution in [2.75, 3.05) is 44.7 Å². The van der Waals surface area contributed by atoms with Gasteiger partial charge in [-0.1, -0.05) is 18.7 Å². The third-order valence-corrected chi connectivity index (χ3v) is 15.8. The number of fused-ring (bicyclic) bond motifs is 4. The van der Waals surface area contributed by atoms with Gasteiger partial charge < -0.3 is 29.3 Å². The first-order valence-corrected chi connectivity index (χ1v) is 22.2. The van der Waals surface area contributed by atoms with E-state index in [4.69, 9.17) is 9.72 Å². The summed E-state index contributed by atoms with van der Waals surface area (Å²) in [6.45, 7) is 9.52. The summed E-state index contributed by atoms with van der Waals surface area (Å²) in [5.41, 5.74) is 7.92. The van der Waals surface area contributed by atoms with E-state index in [9.17, 15) is 14.4 Å². The molecule has 3 saturated heterocycles. The first-order valence-electron chi connectivity index (χ1n) is 22.2. The summed E-state index contributed by atoms with van der Waals surface area (Å²) < 4.78 is 8.56. The number of aromatic nitrogens is 3. The number of nitrogens with zero attached hydrogens (tertiary/aromatic N) is 7. The van der Waals surface area contributed by atoms with E-state index in [1.165, 1.54) is 67.1 Å². The Balaban J connectivity index is 0.566. The third-order valence-electron chi connectivity index (χ3n) is 15.8. The lowest BCUT2D eigenvalue weighted by atomic mass is 9.56. The number of benzene rings is 2. The zero-order valence-corrected chi connectivity index (χ0v) is 35.0. The van der Waals surface area contributed by atoms with Crippen LogP contribution in [0.3, 0.4) is 0 Å². The molecule has 3 aromatic heterocycles.